The number of ether oxygens (including phenoxy) is 1. The van der Waals surface area contributed by atoms with Crippen LogP contribution in [-0.4, -0.2) is 12.1 Å². The molecule has 0 bridgehead atoms. The van der Waals surface area contributed by atoms with E-state index in [4.69, 9.17) is 20.6 Å². The van der Waals surface area contributed by atoms with Crippen LogP contribution < -0.4 is 16.2 Å². The lowest BCUT2D eigenvalue weighted by Gasteiger charge is -2.05. The van der Waals surface area contributed by atoms with Gasteiger partial charge in [-0.1, -0.05) is 0 Å². The lowest BCUT2D eigenvalue weighted by atomic mass is 10.1. The topological polar surface area (TPSA) is 87.3 Å². The molecule has 3 rings (SSSR count). The van der Waals surface area contributed by atoms with Crippen molar-refractivity contribution in [1.82, 2.24) is 4.98 Å². The lowest BCUT2D eigenvalue weighted by molar-refractivity contribution is 0.415. The molecule has 108 valence electrons. The first kappa shape index (κ1) is 13.8. The quantitative estimate of drug-likeness (QED) is 0.689. The summed E-state index contributed by atoms with van der Waals surface area (Å²) in [6, 6.07) is 7.26. The van der Waals surface area contributed by atoms with E-state index in [1.54, 1.807) is 7.11 Å². The number of fused-ring (bicyclic) bond motifs is 1. The van der Waals surface area contributed by atoms with Crippen LogP contribution in [-0.2, 0) is 0 Å². The molecule has 0 atom stereocenters. The van der Waals surface area contributed by atoms with Crippen LogP contribution in [0, 0.1) is 6.92 Å². The Bertz CT molecular complexity index is 819. The summed E-state index contributed by atoms with van der Waals surface area (Å²) in [6.45, 7) is 1.88. The van der Waals surface area contributed by atoms with Crippen molar-refractivity contribution in [2.75, 3.05) is 18.6 Å². The number of nitrogens with two attached hydrogens (primary N) is 2. The number of anilines is 2. The fraction of sp³-hybridized carbons (Fsp3) is 0.133. The summed E-state index contributed by atoms with van der Waals surface area (Å²) in [7, 11) is 1.61. The van der Waals surface area contributed by atoms with Crippen LogP contribution in [0.3, 0.4) is 0 Å². The second-order valence-electron chi connectivity index (χ2n) is 4.76. The number of oxazole rings is 1. The molecular formula is C15H14BrN3O2. The monoisotopic (exact) mass is 347 g/mol. The molecule has 0 saturated carbocycles. The summed E-state index contributed by atoms with van der Waals surface area (Å²) in [6.07, 6.45) is 0. The number of halogens is 1. The van der Waals surface area contributed by atoms with Crippen LogP contribution in [0.1, 0.15) is 5.56 Å². The Morgan fingerprint density at radius 2 is 1.81 bits per heavy atom. The minimum atomic E-state index is 0.470. The largest absolute Gasteiger partial charge is 0.497 e. The summed E-state index contributed by atoms with van der Waals surface area (Å²) in [4.78, 5) is 4.48. The van der Waals surface area contributed by atoms with Crippen molar-refractivity contribution in [2.24, 2.45) is 0 Å². The van der Waals surface area contributed by atoms with E-state index in [1.807, 2.05) is 31.2 Å². The van der Waals surface area contributed by atoms with Gasteiger partial charge in [-0.25, -0.2) is 4.98 Å². The third-order valence-electron chi connectivity index (χ3n) is 3.39. The van der Waals surface area contributed by atoms with Crippen molar-refractivity contribution in [3.8, 4) is 17.2 Å². The van der Waals surface area contributed by atoms with Gasteiger partial charge in [-0.2, -0.15) is 0 Å². The van der Waals surface area contributed by atoms with Crippen molar-refractivity contribution < 1.29 is 9.15 Å². The number of benzene rings is 2. The Kier molecular flexibility index (Phi) is 3.25. The predicted octanol–water partition coefficient (Wildman–Crippen LogP) is 3.74. The average molecular weight is 348 g/mol. The summed E-state index contributed by atoms with van der Waals surface area (Å²) < 4.78 is 11.8. The first-order chi connectivity index (χ1) is 9.99. The third kappa shape index (κ3) is 2.31. The second-order valence-corrected chi connectivity index (χ2v) is 5.61. The van der Waals surface area contributed by atoms with Crippen LogP contribution in [0.15, 0.2) is 33.2 Å². The van der Waals surface area contributed by atoms with Crippen molar-refractivity contribution in [1.29, 1.82) is 0 Å². The third-order valence-corrected chi connectivity index (χ3v) is 3.98. The van der Waals surface area contributed by atoms with Gasteiger partial charge in [0.15, 0.2) is 5.58 Å². The van der Waals surface area contributed by atoms with E-state index >= 15 is 0 Å². The molecule has 0 amide bonds. The zero-order valence-electron chi connectivity index (χ0n) is 11.6. The molecule has 0 unspecified atom stereocenters. The molecule has 0 fully saturated rings. The smallest absolute Gasteiger partial charge is 0.227 e. The maximum Gasteiger partial charge on any atom is 0.227 e. The van der Waals surface area contributed by atoms with E-state index in [0.29, 0.717) is 34.1 Å². The van der Waals surface area contributed by atoms with Crippen LogP contribution in [0.4, 0.5) is 11.4 Å². The molecule has 0 aliphatic heterocycles. The zero-order chi connectivity index (χ0) is 15.1. The van der Waals surface area contributed by atoms with Gasteiger partial charge in [0.2, 0.25) is 5.89 Å². The highest BCUT2D eigenvalue weighted by molar-refractivity contribution is 9.10. The number of rotatable bonds is 2. The normalized spacial score (nSPS) is 11.0. The van der Waals surface area contributed by atoms with Crippen molar-refractivity contribution in [3.63, 3.8) is 0 Å². The van der Waals surface area contributed by atoms with Crippen LogP contribution in [0.5, 0.6) is 5.75 Å². The Labute approximate surface area is 130 Å². The molecule has 0 spiro atoms. The lowest BCUT2D eigenvalue weighted by Crippen LogP contribution is -1.96. The van der Waals surface area contributed by atoms with Crippen LogP contribution >= 0.6 is 15.9 Å². The molecule has 0 radical (unpaired) electrons. The highest BCUT2D eigenvalue weighted by Crippen LogP contribution is 2.34. The zero-order valence-corrected chi connectivity index (χ0v) is 13.2. The molecule has 2 aromatic carbocycles. The predicted molar refractivity (Wildman–Crippen MR) is 87.3 cm³/mol. The Hall–Kier alpha value is -2.21. The molecule has 21 heavy (non-hydrogen) atoms. The fourth-order valence-electron chi connectivity index (χ4n) is 2.09. The van der Waals surface area contributed by atoms with Crippen molar-refractivity contribution in [3.05, 3.63) is 34.3 Å². The molecule has 0 aliphatic carbocycles. The first-order valence-electron chi connectivity index (χ1n) is 6.29. The van der Waals surface area contributed by atoms with Gasteiger partial charge >= 0.3 is 0 Å². The van der Waals surface area contributed by atoms with Gasteiger partial charge in [0, 0.05) is 23.0 Å². The Morgan fingerprint density at radius 1 is 1.14 bits per heavy atom. The minimum Gasteiger partial charge on any atom is -0.497 e. The number of hydrogen-bond donors (Lipinski definition) is 2. The van der Waals surface area contributed by atoms with Gasteiger partial charge in [-0.05, 0) is 46.6 Å². The molecular weight excluding hydrogens is 334 g/mol. The highest BCUT2D eigenvalue weighted by Gasteiger charge is 2.14. The minimum absolute atomic E-state index is 0.470. The van der Waals surface area contributed by atoms with Gasteiger partial charge in [-0.3, -0.25) is 0 Å². The molecule has 3 aromatic rings. The summed E-state index contributed by atoms with van der Waals surface area (Å²) in [5.41, 5.74) is 16.1. The second kappa shape index (κ2) is 4.96. The highest BCUT2D eigenvalue weighted by atomic mass is 79.9. The standard InChI is InChI=1S/C15H14BrN3O2/c1-7-11(17)3-8(4-12(7)18)15-19-13-6-9(20-2)5-10(16)14(13)21-15/h3-6H,17-18H2,1-2H3. The fourth-order valence-corrected chi connectivity index (χ4v) is 2.60. The Morgan fingerprint density at radius 3 is 2.43 bits per heavy atom. The molecule has 6 heteroatoms. The first-order valence-corrected chi connectivity index (χ1v) is 7.09. The van der Waals surface area contributed by atoms with Crippen LogP contribution in [0.25, 0.3) is 22.6 Å². The number of aromatic nitrogens is 1. The van der Waals surface area contributed by atoms with Gasteiger partial charge < -0.3 is 20.6 Å². The Balaban J connectivity index is 2.19. The SMILES string of the molecule is COc1cc(Br)c2oc(-c3cc(N)c(C)c(N)c3)nc2c1. The molecule has 5 nitrogen and oxygen atoms in total. The average Bonchev–Trinajstić information content (AvgIpc) is 2.88. The van der Waals surface area contributed by atoms with Gasteiger partial charge in [0.1, 0.15) is 11.3 Å². The molecule has 0 saturated heterocycles. The molecule has 4 N–H and O–H groups in total. The van der Waals surface area contributed by atoms with E-state index in [1.165, 1.54) is 0 Å². The van der Waals surface area contributed by atoms with Gasteiger partial charge in [-0.15, -0.1) is 0 Å². The summed E-state index contributed by atoms with van der Waals surface area (Å²) in [5, 5.41) is 0. The van der Waals surface area contributed by atoms with E-state index in [0.717, 1.165) is 15.6 Å². The van der Waals surface area contributed by atoms with E-state index in [-0.39, 0.29) is 0 Å². The maximum absolute atomic E-state index is 5.95. The summed E-state index contributed by atoms with van der Waals surface area (Å²) >= 11 is 3.45. The molecule has 1 heterocycles. The number of nitrogens with zero attached hydrogens (tertiary/aromatic N) is 1. The van der Waals surface area contributed by atoms with Gasteiger partial charge in [0.25, 0.3) is 0 Å². The number of methoxy groups -OCH3 is 1. The van der Waals surface area contributed by atoms with Crippen molar-refractivity contribution in [2.45, 2.75) is 6.92 Å². The maximum atomic E-state index is 5.95. The molecule has 0 aliphatic rings. The van der Waals surface area contributed by atoms with Crippen LogP contribution in [0.2, 0.25) is 0 Å². The van der Waals surface area contributed by atoms with E-state index in [2.05, 4.69) is 20.9 Å². The summed E-state index contributed by atoms with van der Waals surface area (Å²) in [5.74, 6) is 1.18. The van der Waals surface area contributed by atoms with E-state index in [9.17, 15) is 0 Å². The molecule has 1 aromatic heterocycles. The van der Waals surface area contributed by atoms with Crippen molar-refractivity contribution >= 4 is 38.4 Å². The number of hydrogen-bond acceptors (Lipinski definition) is 5. The number of nitrogen functional groups attached to an aromatic ring is 2. The van der Waals surface area contributed by atoms with Gasteiger partial charge in [0.05, 0.1) is 11.6 Å². The van der Waals surface area contributed by atoms with E-state index < -0.39 is 0 Å².